The van der Waals surface area contributed by atoms with Gasteiger partial charge < -0.3 is 9.47 Å². The second-order valence-electron chi connectivity index (χ2n) is 3.50. The molecular weight excluding hydrogens is 154 g/mol. The van der Waals surface area contributed by atoms with Crippen LogP contribution in [0.4, 0.5) is 0 Å². The van der Waals surface area contributed by atoms with Gasteiger partial charge in [0.05, 0.1) is 13.2 Å². The van der Waals surface area contributed by atoms with Crippen molar-refractivity contribution in [1.82, 2.24) is 4.90 Å². The third-order valence-electron chi connectivity index (χ3n) is 2.50. The van der Waals surface area contributed by atoms with E-state index in [9.17, 15) is 0 Å². The topological polar surface area (TPSA) is 21.7 Å². The maximum Gasteiger partial charge on any atom is 0.218 e. The smallest absolute Gasteiger partial charge is 0.218 e. The largest absolute Gasteiger partial charge is 0.340 e. The molecule has 2 fully saturated rings. The van der Waals surface area contributed by atoms with Crippen LogP contribution in [0.1, 0.15) is 25.7 Å². The Hall–Kier alpha value is -0.120. The summed E-state index contributed by atoms with van der Waals surface area (Å²) in [6.45, 7) is 4.01. The molecule has 0 bridgehead atoms. The highest BCUT2D eigenvalue weighted by molar-refractivity contribution is 4.65. The van der Waals surface area contributed by atoms with Gasteiger partial charge in [-0.3, -0.25) is 4.90 Å². The van der Waals surface area contributed by atoms with E-state index >= 15 is 0 Å². The zero-order chi connectivity index (χ0) is 8.23. The predicted octanol–water partition coefficient (Wildman–Crippen LogP) is 1.19. The van der Waals surface area contributed by atoms with Crippen molar-refractivity contribution in [2.75, 3.05) is 26.3 Å². The molecule has 3 heteroatoms. The molecule has 0 radical (unpaired) electrons. The van der Waals surface area contributed by atoms with Gasteiger partial charge in [0.25, 0.3) is 0 Å². The van der Waals surface area contributed by atoms with E-state index in [1.54, 1.807) is 0 Å². The van der Waals surface area contributed by atoms with Crippen LogP contribution >= 0.6 is 0 Å². The zero-order valence-corrected chi connectivity index (χ0v) is 7.50. The molecule has 0 saturated carbocycles. The van der Waals surface area contributed by atoms with Crippen LogP contribution in [0.15, 0.2) is 0 Å². The first kappa shape index (κ1) is 8.48. The van der Waals surface area contributed by atoms with Crippen molar-refractivity contribution >= 4 is 0 Å². The molecule has 2 aliphatic heterocycles. The number of likely N-dealkylation sites (tertiary alicyclic amines) is 1. The Morgan fingerprint density at radius 3 is 2.17 bits per heavy atom. The van der Waals surface area contributed by atoms with E-state index in [0.717, 1.165) is 32.7 Å². The molecule has 0 unspecified atom stereocenters. The van der Waals surface area contributed by atoms with Crippen molar-refractivity contribution in [2.24, 2.45) is 0 Å². The normalized spacial score (nSPS) is 29.0. The molecule has 2 aliphatic rings. The van der Waals surface area contributed by atoms with Gasteiger partial charge in [0.2, 0.25) is 6.41 Å². The minimum atomic E-state index is -0.0287. The lowest BCUT2D eigenvalue weighted by atomic mass is 10.1. The third kappa shape index (κ3) is 1.97. The third-order valence-corrected chi connectivity index (χ3v) is 2.50. The fourth-order valence-electron chi connectivity index (χ4n) is 1.82. The summed E-state index contributed by atoms with van der Waals surface area (Å²) in [5, 5.41) is 0. The maximum atomic E-state index is 5.52. The van der Waals surface area contributed by atoms with Crippen LogP contribution in [-0.4, -0.2) is 37.6 Å². The lowest BCUT2D eigenvalue weighted by Crippen LogP contribution is -2.44. The summed E-state index contributed by atoms with van der Waals surface area (Å²) in [5.74, 6) is 0. The number of hydrogen-bond donors (Lipinski definition) is 0. The SMILES string of the molecule is C1CCN(C2OCCCO2)CC1. The molecule has 0 aromatic carbocycles. The Morgan fingerprint density at radius 1 is 0.833 bits per heavy atom. The first-order valence-corrected chi connectivity index (χ1v) is 4.94. The summed E-state index contributed by atoms with van der Waals surface area (Å²) in [5.41, 5.74) is 0. The highest BCUT2D eigenvalue weighted by atomic mass is 16.7. The van der Waals surface area contributed by atoms with Crippen molar-refractivity contribution in [3.05, 3.63) is 0 Å². The van der Waals surface area contributed by atoms with Crippen LogP contribution in [0.3, 0.4) is 0 Å². The summed E-state index contributed by atoms with van der Waals surface area (Å²) in [7, 11) is 0. The monoisotopic (exact) mass is 171 g/mol. The summed E-state index contributed by atoms with van der Waals surface area (Å²) < 4.78 is 11.0. The van der Waals surface area contributed by atoms with Crippen LogP contribution in [-0.2, 0) is 9.47 Å². The summed E-state index contributed by atoms with van der Waals surface area (Å²) in [6.07, 6.45) is 4.97. The maximum absolute atomic E-state index is 5.52. The number of nitrogens with zero attached hydrogens (tertiary/aromatic N) is 1. The molecule has 3 nitrogen and oxygen atoms in total. The van der Waals surface area contributed by atoms with Gasteiger partial charge >= 0.3 is 0 Å². The molecule has 2 saturated heterocycles. The number of hydrogen-bond acceptors (Lipinski definition) is 3. The van der Waals surface area contributed by atoms with Crippen LogP contribution in [0.5, 0.6) is 0 Å². The lowest BCUT2D eigenvalue weighted by molar-refractivity contribution is -0.254. The summed E-state index contributed by atoms with van der Waals surface area (Å²) in [6, 6.07) is 0. The Morgan fingerprint density at radius 2 is 1.50 bits per heavy atom. The lowest BCUT2D eigenvalue weighted by Gasteiger charge is -2.35. The van der Waals surface area contributed by atoms with Gasteiger partial charge in [0.1, 0.15) is 0 Å². The van der Waals surface area contributed by atoms with Crippen molar-refractivity contribution in [3.8, 4) is 0 Å². The average molecular weight is 171 g/mol. The summed E-state index contributed by atoms with van der Waals surface area (Å²) in [4.78, 5) is 2.31. The van der Waals surface area contributed by atoms with Crippen molar-refractivity contribution < 1.29 is 9.47 Å². The minimum Gasteiger partial charge on any atom is -0.340 e. The Labute approximate surface area is 73.6 Å². The fourth-order valence-corrected chi connectivity index (χ4v) is 1.82. The highest BCUT2D eigenvalue weighted by Crippen LogP contribution is 2.16. The van der Waals surface area contributed by atoms with Crippen LogP contribution in [0, 0.1) is 0 Å². The molecule has 0 atom stereocenters. The van der Waals surface area contributed by atoms with Crippen LogP contribution < -0.4 is 0 Å². The quantitative estimate of drug-likeness (QED) is 0.591. The summed E-state index contributed by atoms with van der Waals surface area (Å²) >= 11 is 0. The molecule has 2 heterocycles. The van der Waals surface area contributed by atoms with E-state index in [2.05, 4.69) is 4.90 Å². The first-order valence-electron chi connectivity index (χ1n) is 4.94. The molecule has 2 rings (SSSR count). The second kappa shape index (κ2) is 4.21. The molecular formula is C9H17NO2. The van der Waals surface area contributed by atoms with Gasteiger partial charge in [-0.25, -0.2) is 0 Å². The van der Waals surface area contributed by atoms with Gasteiger partial charge in [-0.2, -0.15) is 0 Å². The molecule has 0 aliphatic carbocycles. The van der Waals surface area contributed by atoms with Gasteiger partial charge in [0.15, 0.2) is 0 Å². The average Bonchev–Trinajstić information content (AvgIpc) is 2.21. The van der Waals surface area contributed by atoms with Crippen molar-refractivity contribution in [1.29, 1.82) is 0 Å². The van der Waals surface area contributed by atoms with Crippen LogP contribution in [0.25, 0.3) is 0 Å². The number of ether oxygens (including phenoxy) is 2. The van der Waals surface area contributed by atoms with Gasteiger partial charge in [-0.05, 0) is 19.3 Å². The van der Waals surface area contributed by atoms with Gasteiger partial charge in [-0.1, -0.05) is 6.42 Å². The predicted molar refractivity (Wildman–Crippen MR) is 45.7 cm³/mol. The van der Waals surface area contributed by atoms with E-state index < -0.39 is 0 Å². The van der Waals surface area contributed by atoms with E-state index in [1.807, 2.05) is 0 Å². The van der Waals surface area contributed by atoms with Gasteiger partial charge in [0, 0.05) is 13.1 Å². The number of piperidine rings is 1. The molecule has 0 N–H and O–H groups in total. The number of rotatable bonds is 1. The van der Waals surface area contributed by atoms with Crippen LogP contribution in [0.2, 0.25) is 0 Å². The second-order valence-corrected chi connectivity index (χ2v) is 3.50. The van der Waals surface area contributed by atoms with E-state index in [-0.39, 0.29) is 6.41 Å². The standard InChI is InChI=1S/C9H17NO2/c1-2-5-10(6-3-1)9-11-7-4-8-12-9/h9H,1-8H2. The Balaban J connectivity index is 1.80. The first-order chi connectivity index (χ1) is 5.97. The van der Waals surface area contributed by atoms with E-state index in [1.165, 1.54) is 19.3 Å². The van der Waals surface area contributed by atoms with E-state index in [4.69, 9.17) is 9.47 Å². The highest BCUT2D eigenvalue weighted by Gasteiger charge is 2.23. The van der Waals surface area contributed by atoms with E-state index in [0.29, 0.717) is 0 Å². The van der Waals surface area contributed by atoms with Gasteiger partial charge in [-0.15, -0.1) is 0 Å². The minimum absolute atomic E-state index is 0.0287. The fraction of sp³-hybridized carbons (Fsp3) is 1.00. The van der Waals surface area contributed by atoms with Crippen molar-refractivity contribution in [2.45, 2.75) is 32.1 Å². The molecule has 0 aromatic heterocycles. The molecule has 0 aromatic rings. The molecule has 0 amide bonds. The Bertz CT molecular complexity index is 112. The molecule has 12 heavy (non-hydrogen) atoms. The zero-order valence-electron chi connectivity index (χ0n) is 7.50. The molecule has 0 spiro atoms. The Kier molecular flexibility index (Phi) is 2.98. The van der Waals surface area contributed by atoms with Crippen molar-refractivity contribution in [3.63, 3.8) is 0 Å². The molecule has 70 valence electrons.